The first-order valence-electron chi connectivity index (χ1n) is 4.83. The molecule has 0 heterocycles. The Balaban J connectivity index is 2.98. The van der Waals surface area contributed by atoms with E-state index in [1.54, 1.807) is 6.21 Å². The second-order valence-corrected chi connectivity index (χ2v) is 4.77. The van der Waals surface area contributed by atoms with Crippen molar-refractivity contribution in [2.75, 3.05) is 6.61 Å². The molecule has 0 aliphatic rings. The highest BCUT2D eigenvalue weighted by atomic mass is 79.9. The van der Waals surface area contributed by atoms with Crippen molar-refractivity contribution in [3.05, 3.63) is 26.6 Å². The lowest BCUT2D eigenvalue weighted by Gasteiger charge is -2.08. The summed E-state index contributed by atoms with van der Waals surface area (Å²) in [6.45, 7) is 2.53. The van der Waals surface area contributed by atoms with Crippen molar-refractivity contribution < 1.29 is 9.84 Å². The fourth-order valence-corrected chi connectivity index (χ4v) is 2.58. The Morgan fingerprint density at radius 3 is 2.47 bits per heavy atom. The van der Waals surface area contributed by atoms with E-state index in [4.69, 9.17) is 16.2 Å². The van der Waals surface area contributed by atoms with Gasteiger partial charge < -0.3 is 16.2 Å². The molecule has 5 N–H and O–H groups in total. The summed E-state index contributed by atoms with van der Waals surface area (Å²) in [6.07, 6.45) is 1.67. The maximum absolute atomic E-state index is 5.47. The van der Waals surface area contributed by atoms with Gasteiger partial charge in [-0.2, -0.15) is 0 Å². The Hall–Kier alpha value is -1.08. The summed E-state index contributed by atoms with van der Waals surface area (Å²) in [6, 6.07) is 3.79. The van der Waals surface area contributed by atoms with Crippen molar-refractivity contribution in [3.8, 4) is 5.75 Å². The van der Waals surface area contributed by atoms with Crippen LogP contribution in [-0.2, 0) is 0 Å². The molecular formula is C10H13Br2N4O+. The van der Waals surface area contributed by atoms with Gasteiger partial charge in [0.1, 0.15) is 5.75 Å². The molecule has 0 unspecified atom stereocenters. The number of nitrogens with one attached hydrogen (secondary N) is 1. The van der Waals surface area contributed by atoms with Gasteiger partial charge in [0.15, 0.2) is 0 Å². The predicted molar refractivity (Wildman–Crippen MR) is 74.9 cm³/mol. The van der Waals surface area contributed by atoms with Crippen LogP contribution in [0.5, 0.6) is 5.75 Å². The summed E-state index contributed by atoms with van der Waals surface area (Å²) < 4.78 is 7.18. The van der Waals surface area contributed by atoms with Gasteiger partial charge in [-0.1, -0.05) is 0 Å². The van der Waals surface area contributed by atoms with Crippen molar-refractivity contribution in [2.24, 2.45) is 16.6 Å². The van der Waals surface area contributed by atoms with Crippen LogP contribution in [0.25, 0.3) is 0 Å². The van der Waals surface area contributed by atoms with Gasteiger partial charge in [-0.3, -0.25) is 0 Å². The second kappa shape index (κ2) is 6.61. The molecule has 0 spiro atoms. The molecule has 1 aromatic rings. The van der Waals surface area contributed by atoms with Crippen LogP contribution in [-0.4, -0.2) is 18.8 Å². The first-order chi connectivity index (χ1) is 8.04. The topological polar surface area (TPSA) is 87.6 Å². The highest BCUT2D eigenvalue weighted by molar-refractivity contribution is 9.11. The predicted octanol–water partition coefficient (Wildman–Crippen LogP) is 0.298. The van der Waals surface area contributed by atoms with Crippen LogP contribution in [0.15, 0.2) is 26.2 Å². The lowest BCUT2D eigenvalue weighted by Crippen LogP contribution is -2.63. The lowest BCUT2D eigenvalue weighted by molar-refractivity contribution is -0.456. The Labute approximate surface area is 116 Å². The van der Waals surface area contributed by atoms with Gasteiger partial charge in [-0.05, 0) is 50.9 Å². The molecule has 5 nitrogen and oxygen atoms in total. The molecule has 7 heteroatoms. The molecule has 0 atom stereocenters. The molecule has 0 fully saturated rings. The third kappa shape index (κ3) is 4.35. The highest BCUT2D eigenvalue weighted by Gasteiger charge is 2.08. The zero-order valence-corrected chi connectivity index (χ0v) is 12.4. The van der Waals surface area contributed by atoms with Crippen LogP contribution >= 0.6 is 31.9 Å². The number of hydrogen-bond donors (Lipinski definition) is 3. The van der Waals surface area contributed by atoms with E-state index in [1.165, 1.54) is 0 Å². The van der Waals surface area contributed by atoms with Gasteiger partial charge in [0.05, 0.1) is 15.6 Å². The molecule has 17 heavy (non-hydrogen) atoms. The highest BCUT2D eigenvalue weighted by Crippen LogP contribution is 2.34. The van der Waals surface area contributed by atoms with Gasteiger partial charge in [0.2, 0.25) is 6.21 Å². The lowest BCUT2D eigenvalue weighted by atomic mass is 10.2. The van der Waals surface area contributed by atoms with Gasteiger partial charge in [-0.25, -0.2) is 0 Å². The number of halogens is 2. The van der Waals surface area contributed by atoms with Crippen molar-refractivity contribution in [1.29, 1.82) is 0 Å². The van der Waals surface area contributed by atoms with Crippen molar-refractivity contribution in [3.63, 3.8) is 0 Å². The molecule has 0 aromatic heterocycles. The first-order valence-corrected chi connectivity index (χ1v) is 6.42. The number of benzene rings is 1. The molecule has 1 rings (SSSR count). The van der Waals surface area contributed by atoms with E-state index in [2.05, 4.69) is 42.1 Å². The number of rotatable bonds is 4. The number of nitrogens with two attached hydrogens (primary N) is 2. The third-order valence-corrected chi connectivity index (χ3v) is 2.91. The average Bonchev–Trinajstić information content (AvgIpc) is 2.23. The quantitative estimate of drug-likeness (QED) is 0.408. The SMILES string of the molecule is CCOc1c(Br)cc(/C=[NH+]\N=C(N)N)cc1Br. The number of nitrogens with zero attached hydrogens (tertiary/aromatic N) is 1. The molecule has 0 amide bonds. The first kappa shape index (κ1) is 14.0. The molecule has 92 valence electrons. The molecule has 0 radical (unpaired) electrons. The number of ether oxygens (including phenoxy) is 1. The zero-order valence-electron chi connectivity index (χ0n) is 9.21. The van der Waals surface area contributed by atoms with Gasteiger partial charge in [-0.15, -0.1) is 5.10 Å². The van der Waals surface area contributed by atoms with Crippen molar-refractivity contribution in [2.45, 2.75) is 6.92 Å². The van der Waals surface area contributed by atoms with Crippen molar-refractivity contribution >= 4 is 44.0 Å². The molecule has 1 aromatic carbocycles. The van der Waals surface area contributed by atoms with Gasteiger partial charge >= 0.3 is 0 Å². The Morgan fingerprint density at radius 2 is 2.00 bits per heavy atom. The molecule has 0 bridgehead atoms. The minimum atomic E-state index is -0.0229. The summed E-state index contributed by atoms with van der Waals surface area (Å²) >= 11 is 6.86. The molecule has 0 aliphatic carbocycles. The number of hydrazone groups is 1. The zero-order chi connectivity index (χ0) is 12.8. The van der Waals surface area contributed by atoms with E-state index >= 15 is 0 Å². The summed E-state index contributed by atoms with van der Waals surface area (Å²) in [5.74, 6) is 0.747. The van der Waals surface area contributed by atoms with Crippen LogP contribution in [0.3, 0.4) is 0 Å². The smallest absolute Gasteiger partial charge is 0.256 e. The molecule has 0 saturated carbocycles. The van der Waals surface area contributed by atoms with E-state index in [1.807, 2.05) is 19.1 Å². The van der Waals surface area contributed by atoms with Gasteiger partial charge in [0, 0.05) is 10.7 Å². The molecule has 0 saturated heterocycles. The normalized spacial score (nSPS) is 10.5. The Morgan fingerprint density at radius 1 is 1.41 bits per heavy atom. The molecule has 0 aliphatic heterocycles. The number of guanidine groups is 1. The fourth-order valence-electron chi connectivity index (χ4n) is 1.13. The Bertz CT molecular complexity index is 433. The van der Waals surface area contributed by atoms with E-state index in [9.17, 15) is 0 Å². The summed E-state index contributed by atoms with van der Waals surface area (Å²) in [5.41, 5.74) is 11.3. The largest absolute Gasteiger partial charge is 0.492 e. The Kier molecular flexibility index (Phi) is 5.43. The summed E-state index contributed by atoms with van der Waals surface area (Å²) in [5, 5.41) is 6.28. The van der Waals surface area contributed by atoms with Crippen LogP contribution < -0.4 is 21.3 Å². The molecular weight excluding hydrogens is 352 g/mol. The van der Waals surface area contributed by atoms with Crippen LogP contribution in [0.2, 0.25) is 0 Å². The second-order valence-electron chi connectivity index (χ2n) is 3.06. The van der Waals surface area contributed by atoms with Crippen molar-refractivity contribution in [1.82, 2.24) is 0 Å². The van der Waals surface area contributed by atoms with Crippen LogP contribution in [0, 0.1) is 0 Å². The number of hydrogen-bond acceptors (Lipinski definition) is 2. The van der Waals surface area contributed by atoms with Crippen LogP contribution in [0.4, 0.5) is 0 Å². The van der Waals surface area contributed by atoms with Crippen LogP contribution in [0.1, 0.15) is 12.5 Å². The van der Waals surface area contributed by atoms with E-state index in [0.717, 1.165) is 20.3 Å². The third-order valence-electron chi connectivity index (χ3n) is 1.73. The maximum Gasteiger partial charge on any atom is 0.256 e. The minimum Gasteiger partial charge on any atom is -0.492 e. The summed E-state index contributed by atoms with van der Waals surface area (Å²) in [4.78, 5) is 0. The summed E-state index contributed by atoms with van der Waals surface area (Å²) in [7, 11) is 0. The standard InChI is InChI=1S/C10H12Br2N4O/c1-2-17-9-7(11)3-6(4-8(9)12)5-15-16-10(13)14/h3-5H,2H2,1H3,(H4,13,14,16)/p+1/b15-5-. The maximum atomic E-state index is 5.47. The van der Waals surface area contributed by atoms with E-state index in [-0.39, 0.29) is 5.96 Å². The van der Waals surface area contributed by atoms with Gasteiger partial charge in [0.25, 0.3) is 5.96 Å². The van der Waals surface area contributed by atoms with E-state index < -0.39 is 0 Å². The average molecular weight is 365 g/mol. The van der Waals surface area contributed by atoms with E-state index in [0.29, 0.717) is 6.61 Å². The minimum absolute atomic E-state index is 0.0229. The monoisotopic (exact) mass is 363 g/mol. The fraction of sp³-hybridized carbons (Fsp3) is 0.200.